The van der Waals surface area contributed by atoms with E-state index in [4.69, 9.17) is 10.8 Å². The first-order valence-electron chi connectivity index (χ1n) is 5.25. The molecule has 19 heavy (non-hydrogen) atoms. The lowest BCUT2D eigenvalue weighted by atomic mass is 10.1. The Labute approximate surface area is 112 Å². The van der Waals surface area contributed by atoms with Gasteiger partial charge in [0.15, 0.2) is 4.87 Å². The minimum absolute atomic E-state index is 0.156. The van der Waals surface area contributed by atoms with Crippen LogP contribution in [0.5, 0.6) is 0 Å². The van der Waals surface area contributed by atoms with Gasteiger partial charge in [-0.1, -0.05) is 5.16 Å². The average Bonchev–Trinajstić information content (AvgIpc) is 2.33. The topological polar surface area (TPSA) is 122 Å². The minimum Gasteiger partial charge on any atom is -0.477 e. The molecule has 0 aromatic heterocycles. The molecule has 1 unspecified atom stereocenters. The van der Waals surface area contributed by atoms with E-state index in [9.17, 15) is 14.4 Å². The molecule has 9 heteroatoms. The number of carboxylic acids is 1. The van der Waals surface area contributed by atoms with Crippen LogP contribution in [0.4, 0.5) is 0 Å². The first-order chi connectivity index (χ1) is 8.89. The number of nitrogens with two attached hydrogens (primary N) is 1. The molecule has 0 aliphatic carbocycles. The summed E-state index contributed by atoms with van der Waals surface area (Å²) >= 11 is 1.01. The summed E-state index contributed by atoms with van der Waals surface area (Å²) in [4.78, 5) is 38.3. The van der Waals surface area contributed by atoms with E-state index in [1.807, 2.05) is 0 Å². The van der Waals surface area contributed by atoms with Gasteiger partial charge in [-0.2, -0.15) is 0 Å². The third-order valence-corrected chi connectivity index (χ3v) is 4.09. The van der Waals surface area contributed by atoms with Gasteiger partial charge in [0.05, 0.1) is 11.8 Å². The van der Waals surface area contributed by atoms with Crippen LogP contribution in [0.1, 0.15) is 6.42 Å². The normalized spacial score (nSPS) is 29.6. The van der Waals surface area contributed by atoms with E-state index >= 15 is 0 Å². The molecule has 0 bridgehead atoms. The van der Waals surface area contributed by atoms with Crippen molar-refractivity contribution in [1.29, 1.82) is 0 Å². The van der Waals surface area contributed by atoms with Gasteiger partial charge in [-0.05, 0) is 6.08 Å². The van der Waals surface area contributed by atoms with Gasteiger partial charge in [0, 0.05) is 0 Å². The molecule has 2 heterocycles. The maximum absolute atomic E-state index is 11.9. The van der Waals surface area contributed by atoms with Crippen molar-refractivity contribution in [2.75, 3.05) is 7.11 Å². The number of carbonyl (C=O) groups excluding carboxylic acids is 2. The molecule has 1 saturated heterocycles. The number of carbonyl (C=O) groups is 3. The summed E-state index contributed by atoms with van der Waals surface area (Å²) < 4.78 is 0. The number of aliphatic carboxylic acids is 1. The molecule has 8 nitrogen and oxygen atoms in total. The largest absolute Gasteiger partial charge is 0.477 e. The summed E-state index contributed by atoms with van der Waals surface area (Å²) in [6.45, 7) is 0. The highest BCUT2D eigenvalue weighted by atomic mass is 32.2. The molecule has 2 aliphatic rings. The van der Waals surface area contributed by atoms with Crippen LogP contribution in [0.3, 0.4) is 0 Å². The zero-order chi connectivity index (χ0) is 14.2. The smallest absolute Gasteiger partial charge is 0.352 e. The van der Waals surface area contributed by atoms with Crippen molar-refractivity contribution in [3.8, 4) is 0 Å². The number of fused-ring (bicyclic) bond motifs is 1. The third-order valence-electron chi connectivity index (χ3n) is 2.73. The number of thioether (sulfide) groups is 1. The van der Waals surface area contributed by atoms with Gasteiger partial charge in [-0.25, -0.2) is 4.79 Å². The maximum atomic E-state index is 11.9. The molecule has 2 aliphatic heterocycles. The molecule has 1 fully saturated rings. The molecule has 0 aromatic carbocycles. The van der Waals surface area contributed by atoms with E-state index in [0.717, 1.165) is 29.0 Å². The predicted octanol–water partition coefficient (Wildman–Crippen LogP) is -0.884. The lowest BCUT2D eigenvalue weighted by Gasteiger charge is -2.46. The second-order valence-electron chi connectivity index (χ2n) is 3.95. The van der Waals surface area contributed by atoms with Crippen LogP contribution in [-0.4, -0.2) is 51.2 Å². The fraction of sp³-hybridized carbons (Fsp3) is 0.400. The molecular formula is C10H11N3O5S. The summed E-state index contributed by atoms with van der Waals surface area (Å²) in [5.41, 5.74) is 5.62. The Balaban J connectivity index is 2.35. The predicted molar refractivity (Wildman–Crippen MR) is 66.0 cm³/mol. The van der Waals surface area contributed by atoms with Crippen LogP contribution in [0, 0.1) is 0 Å². The fourth-order valence-electron chi connectivity index (χ4n) is 1.80. The van der Waals surface area contributed by atoms with Gasteiger partial charge >= 0.3 is 5.97 Å². The van der Waals surface area contributed by atoms with E-state index in [1.165, 1.54) is 7.11 Å². The number of hydrogen-bond donors (Lipinski definition) is 2. The van der Waals surface area contributed by atoms with Crippen molar-refractivity contribution >= 4 is 35.6 Å². The van der Waals surface area contributed by atoms with Crippen molar-refractivity contribution in [2.24, 2.45) is 10.9 Å². The number of rotatable bonds is 4. The van der Waals surface area contributed by atoms with Crippen LogP contribution in [-0.2, 0) is 19.2 Å². The van der Waals surface area contributed by atoms with Gasteiger partial charge in [0.1, 0.15) is 19.0 Å². The zero-order valence-corrected chi connectivity index (χ0v) is 10.7. The van der Waals surface area contributed by atoms with Gasteiger partial charge in [0.25, 0.3) is 0 Å². The Morgan fingerprint density at radius 2 is 2.42 bits per heavy atom. The van der Waals surface area contributed by atoms with Crippen molar-refractivity contribution < 1.29 is 24.3 Å². The van der Waals surface area contributed by atoms with Crippen LogP contribution < -0.4 is 5.73 Å². The number of β-lactam (4-membered cyclic amide) rings is 1. The molecule has 0 radical (unpaired) electrons. The number of Topliss-reactive ketones (excluding diaryl/α,β-unsaturated/α-hetero) is 1. The highest BCUT2D eigenvalue weighted by Crippen LogP contribution is 2.44. The summed E-state index contributed by atoms with van der Waals surface area (Å²) in [6, 6.07) is 0. The van der Waals surface area contributed by atoms with Gasteiger partial charge in [-0.3, -0.25) is 14.5 Å². The summed E-state index contributed by atoms with van der Waals surface area (Å²) in [6.07, 6.45) is 2.11. The average molecular weight is 285 g/mol. The van der Waals surface area contributed by atoms with Crippen LogP contribution in [0.15, 0.2) is 16.9 Å². The molecule has 2 atom stereocenters. The fourth-order valence-corrected chi connectivity index (χ4v) is 3.16. The molecule has 1 amide bonds. The van der Waals surface area contributed by atoms with E-state index in [2.05, 4.69) is 9.99 Å². The Morgan fingerprint density at radius 3 is 2.95 bits per heavy atom. The number of nitrogens with zero attached hydrogens (tertiary/aromatic N) is 2. The van der Waals surface area contributed by atoms with E-state index < -0.39 is 22.0 Å². The summed E-state index contributed by atoms with van der Waals surface area (Å²) in [7, 11) is 1.27. The number of amides is 1. The zero-order valence-electron chi connectivity index (χ0n) is 9.90. The lowest BCUT2D eigenvalue weighted by Crippen LogP contribution is -2.60. The van der Waals surface area contributed by atoms with E-state index in [0.29, 0.717) is 0 Å². The first kappa shape index (κ1) is 13.6. The second kappa shape index (κ2) is 4.67. The van der Waals surface area contributed by atoms with Crippen molar-refractivity contribution in [2.45, 2.75) is 16.7 Å². The Kier molecular flexibility index (Phi) is 3.33. The lowest BCUT2D eigenvalue weighted by molar-refractivity contribution is -0.146. The van der Waals surface area contributed by atoms with Gasteiger partial charge in [-0.15, -0.1) is 11.8 Å². The Hall–Kier alpha value is -1.87. The number of oxime groups is 1. The summed E-state index contributed by atoms with van der Waals surface area (Å²) in [5, 5.41) is 11.9. The minimum atomic E-state index is -1.56. The maximum Gasteiger partial charge on any atom is 0.352 e. The standard InChI is InChI=1S/C10H11N3O5S/c1-18-12-4-6(14)10(11)3-5(9(16)17)13-7(15)2-8(13)19-10/h3-4,8H,2,11H2,1H3,(H,16,17)/t8-,10?/m1/s1. The number of ketones is 1. The second-order valence-corrected chi connectivity index (χ2v) is 5.40. The number of carboxylic acid groups (broad SMARTS) is 1. The van der Waals surface area contributed by atoms with Gasteiger partial charge < -0.3 is 15.7 Å². The third kappa shape index (κ3) is 2.22. The quantitative estimate of drug-likeness (QED) is 0.390. The van der Waals surface area contributed by atoms with Crippen LogP contribution in [0.25, 0.3) is 0 Å². The van der Waals surface area contributed by atoms with Gasteiger partial charge in [0.2, 0.25) is 11.7 Å². The Morgan fingerprint density at radius 1 is 1.74 bits per heavy atom. The van der Waals surface area contributed by atoms with E-state index in [1.54, 1.807) is 0 Å². The molecule has 0 spiro atoms. The monoisotopic (exact) mass is 285 g/mol. The van der Waals surface area contributed by atoms with Crippen molar-refractivity contribution in [3.63, 3.8) is 0 Å². The van der Waals surface area contributed by atoms with Crippen molar-refractivity contribution in [1.82, 2.24) is 4.90 Å². The van der Waals surface area contributed by atoms with E-state index in [-0.39, 0.29) is 18.0 Å². The summed E-state index contributed by atoms with van der Waals surface area (Å²) in [5.74, 6) is -2.20. The van der Waals surface area contributed by atoms with Crippen LogP contribution >= 0.6 is 11.8 Å². The SMILES string of the molecule is CON=CC(=O)C1(N)C=C(C(=O)O)N2C(=O)C[C@H]2S1. The molecule has 3 N–H and O–H groups in total. The Bertz CT molecular complexity index is 517. The number of hydrogen-bond acceptors (Lipinski definition) is 7. The molecule has 2 rings (SSSR count). The van der Waals surface area contributed by atoms with Crippen molar-refractivity contribution in [3.05, 3.63) is 11.8 Å². The highest BCUT2D eigenvalue weighted by molar-refractivity contribution is 8.02. The molecular weight excluding hydrogens is 274 g/mol. The molecule has 102 valence electrons. The first-order valence-corrected chi connectivity index (χ1v) is 6.13. The molecule has 0 saturated carbocycles. The highest BCUT2D eigenvalue weighted by Gasteiger charge is 2.51. The molecule has 0 aromatic rings. The van der Waals surface area contributed by atoms with Crippen LogP contribution in [0.2, 0.25) is 0 Å².